The summed E-state index contributed by atoms with van der Waals surface area (Å²) in [6.07, 6.45) is 3.18. The zero-order valence-corrected chi connectivity index (χ0v) is 8.29. The van der Waals surface area contributed by atoms with E-state index in [9.17, 15) is 0 Å². The van der Waals surface area contributed by atoms with Gasteiger partial charge in [-0.05, 0) is 37.3 Å². The second-order valence-electron chi connectivity index (χ2n) is 4.72. The normalized spacial score (nSPS) is 32.3. The van der Waals surface area contributed by atoms with Gasteiger partial charge >= 0.3 is 0 Å². The Morgan fingerprint density at radius 3 is 2.71 bits per heavy atom. The van der Waals surface area contributed by atoms with Crippen LogP contribution in [-0.4, -0.2) is 0 Å². The van der Waals surface area contributed by atoms with Crippen LogP contribution in [0, 0.1) is 17.2 Å². The molecule has 0 N–H and O–H groups in total. The van der Waals surface area contributed by atoms with Gasteiger partial charge in [-0.3, -0.25) is 0 Å². The fraction of sp³-hybridized carbons (Fsp3) is 0.583. The number of hydrogen-bond donors (Lipinski definition) is 0. The summed E-state index contributed by atoms with van der Waals surface area (Å²) in [5.41, 5.74) is -0.254. The van der Waals surface area contributed by atoms with Crippen LogP contribution >= 0.6 is 0 Å². The van der Waals surface area contributed by atoms with Crippen molar-refractivity contribution < 1.29 is 4.42 Å². The molecule has 0 spiro atoms. The van der Waals surface area contributed by atoms with Gasteiger partial charge in [-0.15, -0.1) is 0 Å². The molecular formula is C12H13NO. The molecule has 2 aliphatic carbocycles. The van der Waals surface area contributed by atoms with E-state index in [4.69, 9.17) is 9.68 Å². The first-order chi connectivity index (χ1) is 6.75. The van der Waals surface area contributed by atoms with Crippen LogP contribution in [0.4, 0.5) is 0 Å². The second-order valence-corrected chi connectivity index (χ2v) is 4.72. The molecule has 0 bridgehead atoms. The third-order valence-corrected chi connectivity index (χ3v) is 3.54. The molecule has 2 atom stereocenters. The molecule has 2 fully saturated rings. The van der Waals surface area contributed by atoms with E-state index in [2.05, 4.69) is 19.1 Å². The average Bonchev–Trinajstić information content (AvgIpc) is 3.08. The molecule has 2 heteroatoms. The van der Waals surface area contributed by atoms with Crippen LogP contribution in [-0.2, 0) is 5.41 Å². The number of hydrogen-bond acceptors (Lipinski definition) is 2. The predicted molar refractivity (Wildman–Crippen MR) is 51.8 cm³/mol. The van der Waals surface area contributed by atoms with Crippen molar-refractivity contribution in [2.45, 2.75) is 37.5 Å². The molecule has 2 nitrogen and oxygen atoms in total. The SMILES string of the molecule is CC1CC1c1ccc(C2(C#N)CC2)o1. The van der Waals surface area contributed by atoms with Gasteiger partial charge in [-0.2, -0.15) is 5.26 Å². The summed E-state index contributed by atoms with van der Waals surface area (Å²) in [4.78, 5) is 0. The summed E-state index contributed by atoms with van der Waals surface area (Å²) in [6, 6.07) is 6.41. The first-order valence-electron chi connectivity index (χ1n) is 5.27. The van der Waals surface area contributed by atoms with Crippen LogP contribution < -0.4 is 0 Å². The van der Waals surface area contributed by atoms with E-state index in [1.807, 2.05) is 6.07 Å². The summed E-state index contributed by atoms with van der Waals surface area (Å²) in [6.45, 7) is 2.24. The van der Waals surface area contributed by atoms with E-state index in [1.165, 1.54) is 6.42 Å². The molecule has 0 saturated heterocycles. The van der Waals surface area contributed by atoms with Crippen LogP contribution in [0.1, 0.15) is 43.6 Å². The van der Waals surface area contributed by atoms with Gasteiger partial charge < -0.3 is 4.42 Å². The van der Waals surface area contributed by atoms with E-state index in [0.29, 0.717) is 5.92 Å². The first-order valence-corrected chi connectivity index (χ1v) is 5.27. The molecule has 2 saturated carbocycles. The van der Waals surface area contributed by atoms with Crippen molar-refractivity contribution in [2.75, 3.05) is 0 Å². The van der Waals surface area contributed by atoms with Crippen molar-refractivity contribution in [3.8, 4) is 6.07 Å². The van der Waals surface area contributed by atoms with Gasteiger partial charge in [0.15, 0.2) is 0 Å². The number of nitriles is 1. The maximum absolute atomic E-state index is 9.02. The molecule has 2 aliphatic rings. The smallest absolute Gasteiger partial charge is 0.124 e. The topological polar surface area (TPSA) is 36.9 Å². The van der Waals surface area contributed by atoms with E-state index < -0.39 is 0 Å². The highest BCUT2D eigenvalue weighted by Gasteiger charge is 2.48. The molecule has 0 aliphatic heterocycles. The van der Waals surface area contributed by atoms with Crippen LogP contribution in [0.5, 0.6) is 0 Å². The van der Waals surface area contributed by atoms with Gasteiger partial charge in [0.25, 0.3) is 0 Å². The fourth-order valence-electron chi connectivity index (χ4n) is 2.07. The van der Waals surface area contributed by atoms with Crippen molar-refractivity contribution in [3.63, 3.8) is 0 Å². The molecule has 14 heavy (non-hydrogen) atoms. The highest BCUT2D eigenvalue weighted by Crippen LogP contribution is 2.52. The van der Waals surface area contributed by atoms with Gasteiger partial charge in [0.05, 0.1) is 6.07 Å². The molecule has 0 aromatic carbocycles. The Bertz CT molecular complexity index is 408. The third-order valence-electron chi connectivity index (χ3n) is 3.54. The number of rotatable bonds is 2. The largest absolute Gasteiger partial charge is 0.464 e. The molecule has 72 valence electrons. The molecule has 2 unspecified atom stereocenters. The monoisotopic (exact) mass is 187 g/mol. The van der Waals surface area contributed by atoms with E-state index in [0.717, 1.165) is 30.3 Å². The Balaban J connectivity index is 1.88. The van der Waals surface area contributed by atoms with Gasteiger partial charge in [-0.1, -0.05) is 6.92 Å². The molecule has 3 rings (SSSR count). The lowest BCUT2D eigenvalue weighted by Gasteiger charge is -1.99. The molecule has 0 radical (unpaired) electrons. The minimum Gasteiger partial charge on any atom is -0.464 e. The first kappa shape index (κ1) is 8.11. The lowest BCUT2D eigenvalue weighted by atomic mass is 10.1. The molecule has 1 heterocycles. The van der Waals surface area contributed by atoms with Crippen LogP contribution in [0.2, 0.25) is 0 Å². The van der Waals surface area contributed by atoms with Crippen molar-refractivity contribution >= 4 is 0 Å². The summed E-state index contributed by atoms with van der Waals surface area (Å²) in [5.74, 6) is 3.38. The number of nitrogens with zero attached hydrogens (tertiary/aromatic N) is 1. The second kappa shape index (κ2) is 2.42. The summed E-state index contributed by atoms with van der Waals surface area (Å²) in [5, 5.41) is 9.02. The van der Waals surface area contributed by atoms with Crippen molar-refractivity contribution in [2.24, 2.45) is 5.92 Å². The van der Waals surface area contributed by atoms with Crippen LogP contribution in [0.3, 0.4) is 0 Å². The standard InChI is InChI=1S/C12H13NO/c1-8-6-9(8)10-2-3-11(14-10)12(7-13)4-5-12/h2-3,8-9H,4-6H2,1H3. The van der Waals surface area contributed by atoms with Crippen molar-refractivity contribution in [1.82, 2.24) is 0 Å². The number of furan rings is 1. The van der Waals surface area contributed by atoms with Gasteiger partial charge in [0.1, 0.15) is 16.9 Å². The fourth-order valence-corrected chi connectivity index (χ4v) is 2.07. The Hall–Kier alpha value is -1.23. The van der Waals surface area contributed by atoms with Crippen LogP contribution in [0.15, 0.2) is 16.5 Å². The zero-order valence-electron chi connectivity index (χ0n) is 8.29. The summed E-state index contributed by atoms with van der Waals surface area (Å²) >= 11 is 0. The molecule has 1 aromatic heterocycles. The maximum Gasteiger partial charge on any atom is 0.124 e. The van der Waals surface area contributed by atoms with Gasteiger partial charge in [0, 0.05) is 5.92 Å². The van der Waals surface area contributed by atoms with E-state index in [1.54, 1.807) is 0 Å². The molecule has 0 amide bonds. The summed E-state index contributed by atoms with van der Waals surface area (Å²) < 4.78 is 5.77. The maximum atomic E-state index is 9.02. The minimum absolute atomic E-state index is 0.254. The molecular weight excluding hydrogens is 174 g/mol. The highest BCUT2D eigenvalue weighted by atomic mass is 16.3. The van der Waals surface area contributed by atoms with Gasteiger partial charge in [0.2, 0.25) is 0 Å². The predicted octanol–water partition coefficient (Wildman–Crippen LogP) is 2.96. The Morgan fingerprint density at radius 2 is 2.21 bits per heavy atom. The van der Waals surface area contributed by atoms with Crippen molar-refractivity contribution in [3.05, 3.63) is 23.7 Å². The zero-order chi connectivity index (χ0) is 9.76. The lowest BCUT2D eigenvalue weighted by Crippen LogP contribution is -1.99. The Labute approximate surface area is 83.5 Å². The van der Waals surface area contributed by atoms with E-state index in [-0.39, 0.29) is 5.41 Å². The third kappa shape index (κ3) is 1.02. The quantitative estimate of drug-likeness (QED) is 0.713. The van der Waals surface area contributed by atoms with Gasteiger partial charge in [-0.25, -0.2) is 0 Å². The Morgan fingerprint density at radius 1 is 1.50 bits per heavy atom. The molecule has 1 aromatic rings. The minimum atomic E-state index is -0.254. The van der Waals surface area contributed by atoms with E-state index >= 15 is 0 Å². The highest BCUT2D eigenvalue weighted by molar-refractivity contribution is 5.34. The van der Waals surface area contributed by atoms with Crippen molar-refractivity contribution in [1.29, 1.82) is 5.26 Å². The lowest BCUT2D eigenvalue weighted by molar-refractivity contribution is 0.444. The Kier molecular flexibility index (Phi) is 1.40. The average molecular weight is 187 g/mol. The summed E-state index contributed by atoms with van der Waals surface area (Å²) in [7, 11) is 0. The van der Waals surface area contributed by atoms with Crippen LogP contribution in [0.25, 0.3) is 0 Å².